The molecule has 0 spiro atoms. The molecule has 3 heterocycles. The van der Waals surface area contributed by atoms with E-state index in [0.717, 1.165) is 5.69 Å². The standard InChI is InChI=1S/C24H29ClN6O3/c1-5-18-22(29-19-13-31(14-20(19)34-6-2)24-26-10-7-11-27-24)30(3)23(32)21(28-18)16-9-8-15(33-4)12-17(16)25/h7-12,19-20,29H,5-6,13-14H2,1-4H3/t19?,20-/m0/s1. The molecule has 1 fully saturated rings. The molecule has 1 N–H and O–H groups in total. The topological polar surface area (TPSA) is 94.4 Å². The lowest BCUT2D eigenvalue weighted by Gasteiger charge is -2.24. The molecule has 3 aromatic rings. The summed E-state index contributed by atoms with van der Waals surface area (Å²) in [5.41, 5.74) is 1.42. The second-order valence-electron chi connectivity index (χ2n) is 8.02. The number of hydrogen-bond acceptors (Lipinski definition) is 8. The Hall–Kier alpha value is -3.17. The Bertz CT molecular complexity index is 1200. The van der Waals surface area contributed by atoms with E-state index in [1.54, 1.807) is 55.4 Å². The van der Waals surface area contributed by atoms with Crippen LogP contribution >= 0.6 is 11.6 Å². The molecule has 0 bridgehead atoms. The maximum absolute atomic E-state index is 13.3. The van der Waals surface area contributed by atoms with Gasteiger partial charge in [-0.05, 0) is 37.6 Å². The molecule has 9 nitrogen and oxygen atoms in total. The van der Waals surface area contributed by atoms with Gasteiger partial charge in [-0.3, -0.25) is 9.36 Å². The van der Waals surface area contributed by atoms with Gasteiger partial charge in [0.1, 0.15) is 17.3 Å². The molecule has 1 unspecified atom stereocenters. The summed E-state index contributed by atoms with van der Waals surface area (Å²) in [5.74, 6) is 1.95. The fourth-order valence-electron chi connectivity index (χ4n) is 4.20. The third-order valence-corrected chi connectivity index (χ3v) is 6.25. The Kier molecular flexibility index (Phi) is 7.33. The Labute approximate surface area is 203 Å². The number of anilines is 2. The van der Waals surface area contributed by atoms with Crippen LogP contribution in [-0.4, -0.2) is 58.5 Å². The number of nitrogens with one attached hydrogen (secondary N) is 1. The summed E-state index contributed by atoms with van der Waals surface area (Å²) < 4.78 is 12.8. The van der Waals surface area contributed by atoms with Crippen molar-refractivity contribution in [3.63, 3.8) is 0 Å². The lowest BCUT2D eigenvalue weighted by molar-refractivity contribution is 0.0718. The number of aromatic nitrogens is 4. The molecule has 1 aliphatic rings. The van der Waals surface area contributed by atoms with Crippen LogP contribution in [0.25, 0.3) is 11.3 Å². The van der Waals surface area contributed by atoms with E-state index >= 15 is 0 Å². The largest absolute Gasteiger partial charge is 0.497 e. The van der Waals surface area contributed by atoms with Crippen molar-refractivity contribution in [3.05, 3.63) is 57.7 Å². The van der Waals surface area contributed by atoms with Crippen LogP contribution < -0.4 is 20.5 Å². The number of nitrogens with zero attached hydrogens (tertiary/aromatic N) is 5. The fraction of sp³-hybridized carbons (Fsp3) is 0.417. The smallest absolute Gasteiger partial charge is 0.278 e. The van der Waals surface area contributed by atoms with E-state index in [4.69, 9.17) is 26.1 Å². The fourth-order valence-corrected chi connectivity index (χ4v) is 4.46. The SMILES string of the molecule is CCO[C@H]1CN(c2ncccn2)CC1Nc1c(CC)nc(-c2ccc(OC)cc2Cl)c(=O)n1C. The number of hydrogen-bond donors (Lipinski definition) is 1. The number of methoxy groups -OCH3 is 1. The molecule has 2 atom stereocenters. The number of rotatable bonds is 8. The second-order valence-corrected chi connectivity index (χ2v) is 8.42. The van der Waals surface area contributed by atoms with Gasteiger partial charge >= 0.3 is 0 Å². The zero-order valence-corrected chi connectivity index (χ0v) is 20.5. The minimum absolute atomic E-state index is 0.0723. The molecule has 34 heavy (non-hydrogen) atoms. The van der Waals surface area contributed by atoms with Crippen molar-refractivity contribution in [3.8, 4) is 17.0 Å². The average molecular weight is 485 g/mol. The summed E-state index contributed by atoms with van der Waals surface area (Å²) in [4.78, 5) is 28.9. The molecule has 10 heteroatoms. The van der Waals surface area contributed by atoms with Gasteiger partial charge < -0.3 is 19.7 Å². The summed E-state index contributed by atoms with van der Waals surface area (Å²) in [6, 6.07) is 6.93. The normalized spacial score (nSPS) is 17.7. The molecule has 180 valence electrons. The molecule has 0 radical (unpaired) electrons. The molecular weight excluding hydrogens is 456 g/mol. The van der Waals surface area contributed by atoms with Crippen LogP contribution in [0.3, 0.4) is 0 Å². The van der Waals surface area contributed by atoms with Crippen LogP contribution in [0, 0.1) is 0 Å². The molecule has 2 aromatic heterocycles. The monoisotopic (exact) mass is 484 g/mol. The van der Waals surface area contributed by atoms with Gasteiger partial charge in [0.05, 0.1) is 30.0 Å². The van der Waals surface area contributed by atoms with Gasteiger partial charge in [-0.1, -0.05) is 18.5 Å². The Morgan fingerprint density at radius 1 is 1.21 bits per heavy atom. The van der Waals surface area contributed by atoms with E-state index in [2.05, 4.69) is 20.2 Å². The summed E-state index contributed by atoms with van der Waals surface area (Å²) in [5, 5.41) is 3.96. The number of aryl methyl sites for hydroxylation is 1. The first-order valence-electron chi connectivity index (χ1n) is 11.3. The van der Waals surface area contributed by atoms with Gasteiger partial charge in [0.2, 0.25) is 5.95 Å². The second kappa shape index (κ2) is 10.4. The van der Waals surface area contributed by atoms with Crippen molar-refractivity contribution in [2.75, 3.05) is 37.0 Å². The highest BCUT2D eigenvalue weighted by atomic mass is 35.5. The van der Waals surface area contributed by atoms with Crippen LogP contribution in [0.2, 0.25) is 5.02 Å². The highest BCUT2D eigenvalue weighted by molar-refractivity contribution is 6.33. The Balaban J connectivity index is 1.68. The minimum atomic E-state index is -0.235. The van der Waals surface area contributed by atoms with Crippen LogP contribution in [0.5, 0.6) is 5.75 Å². The van der Waals surface area contributed by atoms with Crippen molar-refractivity contribution in [2.45, 2.75) is 32.4 Å². The first kappa shape index (κ1) is 24.0. The summed E-state index contributed by atoms with van der Waals surface area (Å²) in [6.45, 7) is 5.85. The van der Waals surface area contributed by atoms with Gasteiger partial charge in [-0.15, -0.1) is 0 Å². The molecule has 0 aliphatic carbocycles. The Morgan fingerprint density at radius 3 is 2.62 bits per heavy atom. The van der Waals surface area contributed by atoms with Crippen molar-refractivity contribution < 1.29 is 9.47 Å². The van der Waals surface area contributed by atoms with Crippen molar-refractivity contribution in [1.29, 1.82) is 0 Å². The van der Waals surface area contributed by atoms with Gasteiger partial charge in [0.15, 0.2) is 0 Å². The first-order valence-corrected chi connectivity index (χ1v) is 11.7. The van der Waals surface area contributed by atoms with E-state index in [0.29, 0.717) is 59.9 Å². The number of ether oxygens (including phenoxy) is 2. The van der Waals surface area contributed by atoms with Gasteiger partial charge in [-0.25, -0.2) is 15.0 Å². The van der Waals surface area contributed by atoms with Crippen LogP contribution in [0.15, 0.2) is 41.5 Å². The van der Waals surface area contributed by atoms with Crippen molar-refractivity contribution in [2.24, 2.45) is 7.05 Å². The van der Waals surface area contributed by atoms with Crippen molar-refractivity contribution >= 4 is 23.4 Å². The van der Waals surface area contributed by atoms with Crippen LogP contribution in [-0.2, 0) is 18.2 Å². The molecule has 1 aromatic carbocycles. The quantitative estimate of drug-likeness (QED) is 0.521. The first-order chi connectivity index (χ1) is 16.5. The van der Waals surface area contributed by atoms with E-state index in [-0.39, 0.29) is 17.7 Å². The molecule has 0 saturated carbocycles. The third-order valence-electron chi connectivity index (χ3n) is 5.93. The third kappa shape index (κ3) is 4.71. The summed E-state index contributed by atoms with van der Waals surface area (Å²) in [7, 11) is 3.32. The van der Waals surface area contributed by atoms with Gasteiger partial charge in [0, 0.05) is 44.7 Å². The van der Waals surface area contributed by atoms with E-state index < -0.39 is 0 Å². The molecule has 1 aliphatic heterocycles. The average Bonchev–Trinajstić information content (AvgIpc) is 3.25. The van der Waals surface area contributed by atoms with Crippen molar-refractivity contribution in [1.82, 2.24) is 19.5 Å². The predicted molar refractivity (Wildman–Crippen MR) is 133 cm³/mol. The summed E-state index contributed by atoms with van der Waals surface area (Å²) >= 11 is 6.45. The predicted octanol–water partition coefficient (Wildman–Crippen LogP) is 3.17. The number of halogens is 1. The highest BCUT2D eigenvalue weighted by Crippen LogP contribution is 2.30. The molecule has 0 amide bonds. The minimum Gasteiger partial charge on any atom is -0.497 e. The molecular formula is C24H29ClN6O3. The van der Waals surface area contributed by atoms with E-state index in [1.165, 1.54) is 0 Å². The zero-order valence-electron chi connectivity index (χ0n) is 19.8. The van der Waals surface area contributed by atoms with E-state index in [9.17, 15) is 4.79 Å². The number of benzene rings is 1. The van der Waals surface area contributed by atoms with Gasteiger partial charge in [0.25, 0.3) is 5.56 Å². The van der Waals surface area contributed by atoms with Crippen LogP contribution in [0.4, 0.5) is 11.8 Å². The Morgan fingerprint density at radius 2 is 1.97 bits per heavy atom. The molecule has 1 saturated heterocycles. The highest BCUT2D eigenvalue weighted by Gasteiger charge is 2.35. The maximum Gasteiger partial charge on any atom is 0.278 e. The molecule has 4 rings (SSSR count). The van der Waals surface area contributed by atoms with E-state index in [1.807, 2.05) is 13.8 Å². The zero-order chi connectivity index (χ0) is 24.2. The lowest BCUT2D eigenvalue weighted by Crippen LogP contribution is -2.37. The lowest BCUT2D eigenvalue weighted by atomic mass is 10.1. The maximum atomic E-state index is 13.3. The summed E-state index contributed by atoms with van der Waals surface area (Å²) in [6.07, 6.45) is 3.99. The van der Waals surface area contributed by atoms with Gasteiger partial charge in [-0.2, -0.15) is 0 Å². The van der Waals surface area contributed by atoms with Crippen LogP contribution in [0.1, 0.15) is 19.5 Å².